The number of thioether (sulfide) groups is 1. The second-order valence-electron chi connectivity index (χ2n) is 7.50. The largest absolute Gasteiger partial charge is 0.493 e. The van der Waals surface area contributed by atoms with Gasteiger partial charge in [0, 0.05) is 19.3 Å². The number of imide groups is 1. The van der Waals surface area contributed by atoms with Crippen LogP contribution < -0.4 is 9.47 Å². The Labute approximate surface area is 204 Å². The Morgan fingerprint density at radius 1 is 1.24 bits per heavy atom. The number of hydrogen-bond acceptors (Lipinski definition) is 7. The number of rotatable bonds is 7. The number of methoxy groups -OCH3 is 1. The quantitative estimate of drug-likeness (QED) is 0.497. The van der Waals surface area contributed by atoms with Gasteiger partial charge >= 0.3 is 0 Å². The van der Waals surface area contributed by atoms with Crippen molar-refractivity contribution >= 4 is 50.8 Å². The molecule has 0 saturated carbocycles. The second-order valence-corrected chi connectivity index (χ2v) is 9.35. The number of likely N-dealkylation sites (tertiary alicyclic amines) is 1. The van der Waals surface area contributed by atoms with Gasteiger partial charge in [-0.05, 0) is 76.4 Å². The SMILES string of the molecule is COc1cc(/C=C2/SC(=O)N(CC(=O)N3CCCC3)C2=O)cc(Br)c1OCc1ccccn1. The maximum Gasteiger partial charge on any atom is 0.294 e. The average Bonchev–Trinajstić information content (AvgIpc) is 3.44. The second kappa shape index (κ2) is 10.4. The number of benzene rings is 1. The molecule has 0 radical (unpaired) electrons. The van der Waals surface area contributed by atoms with E-state index in [9.17, 15) is 14.4 Å². The van der Waals surface area contributed by atoms with E-state index in [1.165, 1.54) is 7.11 Å². The first-order valence-electron chi connectivity index (χ1n) is 10.4. The summed E-state index contributed by atoms with van der Waals surface area (Å²) in [5.74, 6) is 0.303. The van der Waals surface area contributed by atoms with Crippen LogP contribution in [0.15, 0.2) is 45.9 Å². The zero-order valence-electron chi connectivity index (χ0n) is 18.0. The molecule has 3 amide bonds. The first-order chi connectivity index (χ1) is 16.0. The Balaban J connectivity index is 1.49. The third kappa shape index (κ3) is 5.39. The van der Waals surface area contributed by atoms with E-state index in [1.54, 1.807) is 29.3 Å². The van der Waals surface area contributed by atoms with Gasteiger partial charge in [-0.1, -0.05) is 6.07 Å². The zero-order chi connectivity index (χ0) is 23.4. The van der Waals surface area contributed by atoms with Gasteiger partial charge in [0.15, 0.2) is 11.5 Å². The number of pyridine rings is 1. The highest BCUT2D eigenvalue weighted by molar-refractivity contribution is 9.10. The molecule has 0 atom stereocenters. The van der Waals surface area contributed by atoms with Crippen molar-refractivity contribution in [1.82, 2.24) is 14.8 Å². The third-order valence-corrected chi connectivity index (χ3v) is 6.76. The minimum atomic E-state index is -0.469. The summed E-state index contributed by atoms with van der Waals surface area (Å²) >= 11 is 4.32. The number of halogens is 1. The Bertz CT molecular complexity index is 1100. The predicted octanol–water partition coefficient (Wildman–Crippen LogP) is 4.09. The van der Waals surface area contributed by atoms with Crippen LogP contribution in [0.25, 0.3) is 6.08 Å². The van der Waals surface area contributed by atoms with Crippen molar-refractivity contribution in [1.29, 1.82) is 0 Å². The zero-order valence-corrected chi connectivity index (χ0v) is 20.4. The molecule has 0 unspecified atom stereocenters. The fraction of sp³-hybridized carbons (Fsp3) is 0.304. The lowest BCUT2D eigenvalue weighted by molar-refractivity contribution is -0.135. The maximum atomic E-state index is 12.8. The lowest BCUT2D eigenvalue weighted by atomic mass is 10.2. The molecule has 0 spiro atoms. The van der Waals surface area contributed by atoms with Gasteiger partial charge in [-0.25, -0.2) is 0 Å². The van der Waals surface area contributed by atoms with Gasteiger partial charge in [-0.3, -0.25) is 24.3 Å². The molecule has 4 rings (SSSR count). The average molecular weight is 532 g/mol. The molecule has 2 aliphatic rings. The molecule has 1 aromatic carbocycles. The number of carbonyl (C=O) groups excluding carboxylic acids is 3. The van der Waals surface area contributed by atoms with E-state index in [2.05, 4.69) is 20.9 Å². The maximum absolute atomic E-state index is 12.8. The number of nitrogens with zero attached hydrogens (tertiary/aromatic N) is 3. The number of ether oxygens (including phenoxy) is 2. The Morgan fingerprint density at radius 3 is 2.73 bits per heavy atom. The summed E-state index contributed by atoms with van der Waals surface area (Å²) < 4.78 is 12.0. The van der Waals surface area contributed by atoms with E-state index in [0.717, 1.165) is 35.2 Å². The van der Waals surface area contributed by atoms with Gasteiger partial charge < -0.3 is 14.4 Å². The van der Waals surface area contributed by atoms with Gasteiger partial charge in [0.1, 0.15) is 13.2 Å². The van der Waals surface area contributed by atoms with Crippen LogP contribution in [0.2, 0.25) is 0 Å². The van der Waals surface area contributed by atoms with E-state index >= 15 is 0 Å². The van der Waals surface area contributed by atoms with Crippen molar-refractivity contribution in [3.05, 3.63) is 57.2 Å². The number of carbonyl (C=O) groups is 3. The van der Waals surface area contributed by atoms with Gasteiger partial charge in [-0.15, -0.1) is 0 Å². The monoisotopic (exact) mass is 531 g/mol. The summed E-state index contributed by atoms with van der Waals surface area (Å²) in [4.78, 5) is 44.8. The van der Waals surface area contributed by atoms with Crippen LogP contribution in [0.1, 0.15) is 24.1 Å². The van der Waals surface area contributed by atoms with Crippen LogP contribution >= 0.6 is 27.7 Å². The minimum Gasteiger partial charge on any atom is -0.493 e. The molecule has 10 heteroatoms. The summed E-state index contributed by atoms with van der Waals surface area (Å²) in [6, 6.07) is 9.08. The molecule has 0 N–H and O–H groups in total. The molecule has 2 fully saturated rings. The number of hydrogen-bond donors (Lipinski definition) is 0. The summed E-state index contributed by atoms with van der Waals surface area (Å²) in [7, 11) is 1.52. The predicted molar refractivity (Wildman–Crippen MR) is 128 cm³/mol. The standard InChI is InChI=1S/C23H22BrN3O5S/c1-31-18-11-15(10-17(24)21(18)32-14-16-6-2-3-7-25-16)12-19-22(29)27(23(30)33-19)13-20(28)26-8-4-5-9-26/h2-3,6-7,10-12H,4-5,8-9,13-14H2,1H3/b19-12+. The summed E-state index contributed by atoms with van der Waals surface area (Å²) in [5, 5.41) is -0.444. The van der Waals surface area contributed by atoms with Crippen molar-refractivity contribution < 1.29 is 23.9 Å². The van der Waals surface area contributed by atoms with Crippen molar-refractivity contribution in [2.45, 2.75) is 19.4 Å². The summed E-state index contributed by atoms with van der Waals surface area (Å²) in [6.07, 6.45) is 5.21. The van der Waals surface area contributed by atoms with Crippen molar-refractivity contribution in [2.75, 3.05) is 26.7 Å². The smallest absolute Gasteiger partial charge is 0.294 e. The van der Waals surface area contributed by atoms with E-state index < -0.39 is 11.1 Å². The molecule has 1 aromatic heterocycles. The van der Waals surface area contributed by atoms with E-state index in [-0.39, 0.29) is 24.0 Å². The minimum absolute atomic E-state index is 0.199. The van der Waals surface area contributed by atoms with Crippen LogP contribution in [-0.2, 0) is 16.2 Å². The Kier molecular flexibility index (Phi) is 7.34. The van der Waals surface area contributed by atoms with E-state index in [4.69, 9.17) is 9.47 Å². The Hall–Kier alpha value is -2.85. The highest BCUT2D eigenvalue weighted by atomic mass is 79.9. The summed E-state index contributed by atoms with van der Waals surface area (Å²) in [5.41, 5.74) is 1.42. The molecule has 33 heavy (non-hydrogen) atoms. The van der Waals surface area contributed by atoms with Gasteiger partial charge in [0.05, 0.1) is 22.2 Å². The van der Waals surface area contributed by atoms with Gasteiger partial charge in [-0.2, -0.15) is 0 Å². The highest BCUT2D eigenvalue weighted by Crippen LogP contribution is 2.39. The fourth-order valence-electron chi connectivity index (χ4n) is 3.58. The van der Waals surface area contributed by atoms with Gasteiger partial charge in [0.2, 0.25) is 5.91 Å². The third-order valence-electron chi connectivity index (χ3n) is 5.27. The molecular weight excluding hydrogens is 510 g/mol. The molecule has 0 aliphatic carbocycles. The molecule has 2 saturated heterocycles. The molecule has 3 heterocycles. The van der Waals surface area contributed by atoms with Crippen molar-refractivity contribution in [3.63, 3.8) is 0 Å². The lowest BCUT2D eigenvalue weighted by Crippen LogP contribution is -2.40. The Morgan fingerprint density at radius 2 is 2.03 bits per heavy atom. The molecule has 2 aromatic rings. The highest BCUT2D eigenvalue weighted by Gasteiger charge is 2.37. The first kappa shape index (κ1) is 23.3. The van der Waals surface area contributed by atoms with Crippen molar-refractivity contribution in [3.8, 4) is 11.5 Å². The van der Waals surface area contributed by atoms with Crippen LogP contribution in [0, 0.1) is 0 Å². The fourth-order valence-corrected chi connectivity index (χ4v) is 4.99. The van der Waals surface area contributed by atoms with Gasteiger partial charge in [0.25, 0.3) is 11.1 Å². The molecule has 8 nitrogen and oxygen atoms in total. The molecule has 2 aliphatic heterocycles. The molecular formula is C23H22BrN3O5S. The number of aromatic nitrogens is 1. The lowest BCUT2D eigenvalue weighted by Gasteiger charge is -2.18. The molecule has 0 bridgehead atoms. The van der Waals surface area contributed by atoms with E-state index in [1.807, 2.05) is 18.2 Å². The summed E-state index contributed by atoms with van der Waals surface area (Å²) in [6.45, 7) is 1.38. The molecule has 172 valence electrons. The van der Waals surface area contributed by atoms with Crippen LogP contribution in [0.3, 0.4) is 0 Å². The van der Waals surface area contributed by atoms with Crippen LogP contribution in [0.4, 0.5) is 4.79 Å². The topological polar surface area (TPSA) is 89.0 Å². The number of amides is 3. The normalized spacial score (nSPS) is 17.2. The first-order valence-corrected chi connectivity index (χ1v) is 12.0. The van der Waals surface area contributed by atoms with Crippen LogP contribution in [0.5, 0.6) is 11.5 Å². The van der Waals surface area contributed by atoms with Crippen molar-refractivity contribution in [2.24, 2.45) is 0 Å². The van der Waals surface area contributed by atoms with E-state index in [0.29, 0.717) is 34.6 Å². The van der Waals surface area contributed by atoms with Crippen LogP contribution in [-0.4, -0.2) is 58.6 Å².